The normalized spacial score (nSPS) is 16.3. The minimum atomic E-state index is -3.49. The average Bonchev–Trinajstić information content (AvgIpc) is 3.21. The number of carbonyl (C=O) groups is 1. The third-order valence-electron chi connectivity index (χ3n) is 5.85. The summed E-state index contributed by atoms with van der Waals surface area (Å²) in [5, 5.41) is 4.33. The Labute approximate surface area is 187 Å². The third-order valence-corrected chi connectivity index (χ3v) is 8.12. The molecule has 0 spiro atoms. The summed E-state index contributed by atoms with van der Waals surface area (Å²) in [5.74, 6) is -0.137. The lowest BCUT2D eigenvalue weighted by atomic mass is 10.2. The minimum Gasteiger partial charge on any atom is -0.350 e. The highest BCUT2D eigenvalue weighted by Crippen LogP contribution is 2.27. The molecule has 3 aromatic rings. The number of carbonyl (C=O) groups excluding carboxylic acids is 1. The smallest absolute Gasteiger partial charge is 0.243 e. The Balaban J connectivity index is 1.52. The molecule has 2 aromatic carbocycles. The van der Waals surface area contributed by atoms with E-state index in [1.165, 1.54) is 0 Å². The molecule has 2 heterocycles. The zero-order valence-electron chi connectivity index (χ0n) is 17.4. The van der Waals surface area contributed by atoms with E-state index in [0.717, 1.165) is 35.7 Å². The van der Waals surface area contributed by atoms with Crippen LogP contribution < -0.4 is 5.32 Å². The van der Waals surface area contributed by atoms with Crippen molar-refractivity contribution in [2.24, 2.45) is 0 Å². The number of hydrogen-bond acceptors (Lipinski definition) is 3. The Bertz CT molecular complexity index is 1200. The van der Waals surface area contributed by atoms with Gasteiger partial charge in [0, 0.05) is 41.8 Å². The van der Waals surface area contributed by atoms with Crippen LogP contribution in [0.1, 0.15) is 37.8 Å². The van der Waals surface area contributed by atoms with Gasteiger partial charge in [0.05, 0.1) is 4.90 Å². The van der Waals surface area contributed by atoms with Crippen molar-refractivity contribution in [1.29, 1.82) is 0 Å². The predicted octanol–water partition coefficient (Wildman–Crippen LogP) is 4.35. The second-order valence-corrected chi connectivity index (χ2v) is 10.2. The molecule has 1 atom stereocenters. The second kappa shape index (κ2) is 9.02. The van der Waals surface area contributed by atoms with Crippen molar-refractivity contribution < 1.29 is 13.2 Å². The van der Waals surface area contributed by atoms with Gasteiger partial charge in [-0.2, -0.15) is 4.31 Å². The summed E-state index contributed by atoms with van der Waals surface area (Å²) in [4.78, 5) is 13.0. The van der Waals surface area contributed by atoms with Crippen LogP contribution in [-0.4, -0.2) is 36.3 Å². The molecule has 4 rings (SSSR count). The Morgan fingerprint density at radius 2 is 1.84 bits per heavy atom. The molecule has 0 radical (unpaired) electrons. The fraction of sp³-hybridized carbons (Fsp3) is 0.348. The largest absolute Gasteiger partial charge is 0.350 e. The number of halogens is 1. The van der Waals surface area contributed by atoms with Crippen LogP contribution in [0.15, 0.2) is 59.6 Å². The second-order valence-electron chi connectivity index (χ2n) is 7.89. The number of benzene rings is 2. The van der Waals surface area contributed by atoms with Gasteiger partial charge in [-0.15, -0.1) is 0 Å². The highest BCUT2D eigenvalue weighted by molar-refractivity contribution is 7.89. The molecule has 1 saturated heterocycles. The molecule has 1 fully saturated rings. The van der Waals surface area contributed by atoms with E-state index in [9.17, 15) is 13.2 Å². The standard InChI is InChI=1S/C23H26ClN3O3S/c1-17(23(28)25-16-19-7-3-4-8-21(19)24)27-14-11-18-15-20(9-10-22(18)27)31(29,30)26-12-5-2-6-13-26/h3-4,7-11,14-15,17H,2,5-6,12-13,16H2,1H3,(H,25,28). The predicted molar refractivity (Wildman–Crippen MR) is 123 cm³/mol. The van der Waals surface area contributed by atoms with Crippen molar-refractivity contribution in [3.8, 4) is 0 Å². The maximum atomic E-state index is 13.0. The number of nitrogens with zero attached hydrogens (tertiary/aromatic N) is 2. The van der Waals surface area contributed by atoms with Crippen LogP contribution in [0.2, 0.25) is 5.02 Å². The van der Waals surface area contributed by atoms with Crippen LogP contribution in [0.25, 0.3) is 10.9 Å². The van der Waals surface area contributed by atoms with E-state index in [1.54, 1.807) is 28.6 Å². The van der Waals surface area contributed by atoms with Gasteiger partial charge in [0.15, 0.2) is 0 Å². The van der Waals surface area contributed by atoms with E-state index >= 15 is 0 Å². The molecule has 0 saturated carbocycles. The molecule has 1 unspecified atom stereocenters. The van der Waals surface area contributed by atoms with Gasteiger partial charge in [0.2, 0.25) is 15.9 Å². The molecule has 0 aliphatic carbocycles. The Kier molecular flexibility index (Phi) is 6.36. The molecule has 31 heavy (non-hydrogen) atoms. The van der Waals surface area contributed by atoms with Crippen LogP contribution in [0.5, 0.6) is 0 Å². The lowest BCUT2D eigenvalue weighted by molar-refractivity contribution is -0.123. The highest BCUT2D eigenvalue weighted by atomic mass is 35.5. The van der Waals surface area contributed by atoms with Gasteiger partial charge in [-0.3, -0.25) is 4.79 Å². The SMILES string of the molecule is CC(C(=O)NCc1ccccc1Cl)n1ccc2cc(S(=O)(=O)N3CCCCC3)ccc21. The first kappa shape index (κ1) is 21.9. The van der Waals surface area contributed by atoms with E-state index in [2.05, 4.69) is 5.32 Å². The zero-order valence-corrected chi connectivity index (χ0v) is 19.0. The van der Waals surface area contributed by atoms with Gasteiger partial charge in [0.1, 0.15) is 6.04 Å². The summed E-state index contributed by atoms with van der Waals surface area (Å²) < 4.78 is 29.4. The van der Waals surface area contributed by atoms with E-state index < -0.39 is 16.1 Å². The first-order valence-electron chi connectivity index (χ1n) is 10.5. The van der Waals surface area contributed by atoms with Crippen molar-refractivity contribution in [2.45, 2.75) is 43.7 Å². The fourth-order valence-corrected chi connectivity index (χ4v) is 5.75. The number of nitrogens with one attached hydrogen (secondary N) is 1. The Morgan fingerprint density at radius 1 is 1.10 bits per heavy atom. The molecule has 1 N–H and O–H groups in total. The minimum absolute atomic E-state index is 0.137. The van der Waals surface area contributed by atoms with Gasteiger partial charge in [-0.25, -0.2) is 8.42 Å². The molecule has 1 amide bonds. The van der Waals surface area contributed by atoms with E-state index in [4.69, 9.17) is 11.6 Å². The maximum Gasteiger partial charge on any atom is 0.243 e. The van der Waals surface area contributed by atoms with Gasteiger partial charge >= 0.3 is 0 Å². The van der Waals surface area contributed by atoms with Crippen molar-refractivity contribution >= 4 is 38.4 Å². The molecular formula is C23H26ClN3O3S. The molecule has 8 heteroatoms. The number of hydrogen-bond donors (Lipinski definition) is 1. The number of rotatable bonds is 6. The van der Waals surface area contributed by atoms with Crippen LogP contribution in [0, 0.1) is 0 Å². The lowest BCUT2D eigenvalue weighted by Gasteiger charge is -2.26. The van der Waals surface area contributed by atoms with Crippen LogP contribution in [-0.2, 0) is 21.4 Å². The molecule has 6 nitrogen and oxygen atoms in total. The third kappa shape index (κ3) is 4.49. The molecule has 0 bridgehead atoms. The topological polar surface area (TPSA) is 71.4 Å². The number of sulfonamides is 1. The fourth-order valence-electron chi connectivity index (χ4n) is 3.99. The van der Waals surface area contributed by atoms with E-state index in [1.807, 2.05) is 42.0 Å². The van der Waals surface area contributed by atoms with Crippen molar-refractivity contribution in [2.75, 3.05) is 13.1 Å². The number of aromatic nitrogens is 1. The summed E-state index contributed by atoms with van der Waals surface area (Å²) in [6, 6.07) is 13.9. The molecular weight excluding hydrogens is 434 g/mol. The molecule has 1 aliphatic rings. The van der Waals surface area contributed by atoms with Crippen LogP contribution in [0.4, 0.5) is 0 Å². The van der Waals surface area contributed by atoms with Gasteiger partial charge in [-0.05, 0) is 55.7 Å². The lowest BCUT2D eigenvalue weighted by Crippen LogP contribution is -2.35. The molecule has 1 aromatic heterocycles. The maximum absolute atomic E-state index is 13.0. The van der Waals surface area contributed by atoms with Crippen LogP contribution >= 0.6 is 11.6 Å². The molecule has 1 aliphatic heterocycles. The van der Waals surface area contributed by atoms with Crippen molar-refractivity contribution in [3.05, 3.63) is 65.3 Å². The van der Waals surface area contributed by atoms with Gasteiger partial charge < -0.3 is 9.88 Å². The number of piperidine rings is 1. The van der Waals surface area contributed by atoms with E-state index in [0.29, 0.717) is 29.6 Å². The molecule has 164 valence electrons. The zero-order chi connectivity index (χ0) is 22.0. The first-order valence-corrected chi connectivity index (χ1v) is 12.3. The first-order chi connectivity index (χ1) is 14.9. The van der Waals surface area contributed by atoms with Gasteiger partial charge in [0.25, 0.3) is 0 Å². The Morgan fingerprint density at radius 3 is 2.58 bits per heavy atom. The quantitative estimate of drug-likeness (QED) is 0.595. The average molecular weight is 460 g/mol. The number of amides is 1. The van der Waals surface area contributed by atoms with Gasteiger partial charge in [-0.1, -0.05) is 36.2 Å². The summed E-state index contributed by atoms with van der Waals surface area (Å²) in [7, 11) is -3.49. The van der Waals surface area contributed by atoms with Crippen molar-refractivity contribution in [1.82, 2.24) is 14.2 Å². The van der Waals surface area contributed by atoms with Crippen LogP contribution in [0.3, 0.4) is 0 Å². The highest BCUT2D eigenvalue weighted by Gasteiger charge is 2.26. The summed E-state index contributed by atoms with van der Waals surface area (Å²) in [5.41, 5.74) is 1.67. The van der Waals surface area contributed by atoms with E-state index in [-0.39, 0.29) is 5.91 Å². The van der Waals surface area contributed by atoms with Crippen molar-refractivity contribution in [3.63, 3.8) is 0 Å². The number of fused-ring (bicyclic) bond motifs is 1. The monoisotopic (exact) mass is 459 g/mol. The summed E-state index contributed by atoms with van der Waals surface area (Å²) >= 11 is 6.16. The summed E-state index contributed by atoms with van der Waals surface area (Å²) in [6.07, 6.45) is 4.70. The Hall–Kier alpha value is -2.35. The summed E-state index contributed by atoms with van der Waals surface area (Å²) in [6.45, 7) is 3.31.